The topological polar surface area (TPSA) is 104 Å². The number of Topliss-reactive ketones (excluding diaryl/α,β-unsaturated/α-hetero) is 1. The van der Waals surface area contributed by atoms with Crippen LogP contribution in [0.2, 0.25) is 0 Å². The van der Waals surface area contributed by atoms with Crippen LogP contribution in [-0.2, 0) is 15.0 Å². The van der Waals surface area contributed by atoms with Gasteiger partial charge in [-0.25, -0.2) is 0 Å². The molecule has 6 nitrogen and oxygen atoms in total. The highest BCUT2D eigenvalue weighted by Gasteiger charge is 2.39. The van der Waals surface area contributed by atoms with E-state index in [1.54, 1.807) is 6.07 Å². The van der Waals surface area contributed by atoms with Crippen LogP contribution < -0.4 is 5.73 Å². The second-order valence-corrected chi connectivity index (χ2v) is 8.97. The van der Waals surface area contributed by atoms with Crippen molar-refractivity contribution >= 4 is 11.8 Å². The van der Waals surface area contributed by atoms with Crippen molar-refractivity contribution in [1.29, 1.82) is 0 Å². The molecule has 0 amide bonds. The van der Waals surface area contributed by atoms with Gasteiger partial charge in [-0.2, -0.15) is 0 Å². The molecule has 1 unspecified atom stereocenters. The van der Waals surface area contributed by atoms with E-state index in [0.29, 0.717) is 12.5 Å². The summed E-state index contributed by atoms with van der Waals surface area (Å²) < 4.78 is 0. The maximum absolute atomic E-state index is 12.4. The van der Waals surface area contributed by atoms with Gasteiger partial charge in [-0.05, 0) is 47.6 Å². The third-order valence-corrected chi connectivity index (χ3v) is 6.88. The van der Waals surface area contributed by atoms with Crippen LogP contribution in [0, 0.1) is 5.92 Å². The van der Waals surface area contributed by atoms with Gasteiger partial charge >= 0.3 is 5.97 Å². The molecular weight excluding hydrogens is 392 g/mol. The Balaban J connectivity index is 1.74. The van der Waals surface area contributed by atoms with E-state index in [2.05, 4.69) is 24.8 Å². The van der Waals surface area contributed by atoms with Crippen molar-refractivity contribution in [2.45, 2.75) is 44.1 Å². The van der Waals surface area contributed by atoms with Gasteiger partial charge in [0.05, 0.1) is 0 Å². The predicted molar refractivity (Wildman–Crippen MR) is 120 cm³/mol. The molecule has 31 heavy (non-hydrogen) atoms. The zero-order valence-corrected chi connectivity index (χ0v) is 18.2. The maximum Gasteiger partial charge on any atom is 0.328 e. The molecule has 4 N–H and O–H groups in total. The lowest BCUT2D eigenvalue weighted by atomic mass is 9.68. The Morgan fingerprint density at radius 2 is 1.90 bits per heavy atom. The molecule has 6 heteroatoms. The third-order valence-electron chi connectivity index (χ3n) is 6.88. The van der Waals surface area contributed by atoms with Crippen molar-refractivity contribution in [1.82, 2.24) is 4.90 Å². The molecule has 0 bridgehead atoms. The van der Waals surface area contributed by atoms with E-state index in [-0.39, 0.29) is 23.5 Å². The number of carbonyl (C=O) groups excluding carboxylic acids is 1. The number of hydrogen-bond donors (Lipinski definition) is 3. The number of phenolic OH excluding ortho intramolecular Hbond substituents is 1. The molecular formula is C25H32N2O4. The normalized spacial score (nSPS) is 23.8. The Morgan fingerprint density at radius 1 is 1.19 bits per heavy atom. The highest BCUT2D eigenvalue weighted by molar-refractivity contribution is 6.02. The fourth-order valence-corrected chi connectivity index (χ4v) is 4.60. The number of nitrogens with two attached hydrogens (primary N) is 1. The summed E-state index contributed by atoms with van der Waals surface area (Å²) >= 11 is 0. The number of benzene rings is 2. The van der Waals surface area contributed by atoms with Gasteiger partial charge in [0.1, 0.15) is 5.75 Å². The van der Waals surface area contributed by atoms with E-state index < -0.39 is 17.8 Å². The van der Waals surface area contributed by atoms with Crippen molar-refractivity contribution in [2.24, 2.45) is 11.7 Å². The van der Waals surface area contributed by atoms with E-state index in [9.17, 15) is 14.7 Å². The number of carboxylic acids is 1. The van der Waals surface area contributed by atoms with Gasteiger partial charge in [0, 0.05) is 25.4 Å². The average Bonchev–Trinajstić information content (AvgIpc) is 2.75. The van der Waals surface area contributed by atoms with Crippen LogP contribution in [0.15, 0.2) is 54.6 Å². The van der Waals surface area contributed by atoms with Crippen LogP contribution in [0.1, 0.15) is 43.7 Å². The molecule has 0 spiro atoms. The number of aromatic hydroxyl groups is 1. The molecule has 1 aliphatic rings. The molecule has 2 aromatic carbocycles. The Hall–Kier alpha value is -2.70. The minimum Gasteiger partial charge on any atom is -0.508 e. The average molecular weight is 425 g/mol. The second kappa shape index (κ2) is 9.62. The van der Waals surface area contributed by atoms with Crippen molar-refractivity contribution in [3.05, 3.63) is 65.7 Å². The Morgan fingerprint density at radius 3 is 2.52 bits per heavy atom. The summed E-state index contributed by atoms with van der Waals surface area (Å²) in [5.41, 5.74) is 7.68. The number of piperidine rings is 1. The van der Waals surface area contributed by atoms with Crippen LogP contribution in [0.5, 0.6) is 5.75 Å². The van der Waals surface area contributed by atoms with Gasteiger partial charge in [0.25, 0.3) is 0 Å². The van der Waals surface area contributed by atoms with Crippen LogP contribution >= 0.6 is 0 Å². The standard InChI is InChI=1S/C25H32N2O4/c1-17-15-27(12-11-25(17,2)20-9-6-10-21(28)14-20)16-19(18-7-4-3-5-8-18)13-22(29)23(26)24(30)31/h3-10,14,17,19,23,28H,11-13,15-16,26H2,1-2H3,(H,30,31)/t17-,19?,23-,25+/m0/s1. The summed E-state index contributed by atoms with van der Waals surface area (Å²) in [4.78, 5) is 25.9. The van der Waals surface area contributed by atoms with E-state index in [4.69, 9.17) is 10.8 Å². The zero-order valence-electron chi connectivity index (χ0n) is 18.2. The largest absolute Gasteiger partial charge is 0.508 e. The summed E-state index contributed by atoms with van der Waals surface area (Å²) in [5.74, 6) is -1.22. The van der Waals surface area contributed by atoms with Crippen molar-refractivity contribution in [2.75, 3.05) is 19.6 Å². The predicted octanol–water partition coefficient (Wildman–Crippen LogP) is 3.15. The zero-order chi connectivity index (χ0) is 22.6. The summed E-state index contributed by atoms with van der Waals surface area (Å²) in [6, 6.07) is 15.8. The highest BCUT2D eigenvalue weighted by Crippen LogP contribution is 2.40. The minimum absolute atomic E-state index is 0.0427. The van der Waals surface area contributed by atoms with E-state index in [1.807, 2.05) is 42.5 Å². The number of aliphatic carboxylic acids is 1. The number of nitrogens with zero attached hydrogens (tertiary/aromatic N) is 1. The van der Waals surface area contributed by atoms with Crippen LogP contribution in [0.4, 0.5) is 0 Å². The lowest BCUT2D eigenvalue weighted by Gasteiger charge is -2.46. The molecule has 0 aromatic heterocycles. The molecule has 3 rings (SSSR count). The number of carbonyl (C=O) groups is 2. The number of ketones is 1. The van der Waals surface area contributed by atoms with Gasteiger partial charge in [-0.15, -0.1) is 0 Å². The van der Waals surface area contributed by atoms with Gasteiger partial charge in [0.15, 0.2) is 11.8 Å². The highest BCUT2D eigenvalue weighted by atomic mass is 16.4. The number of likely N-dealkylation sites (tertiary alicyclic amines) is 1. The van der Waals surface area contributed by atoms with Crippen LogP contribution in [0.3, 0.4) is 0 Å². The first-order valence-corrected chi connectivity index (χ1v) is 10.8. The summed E-state index contributed by atoms with van der Waals surface area (Å²) in [6.45, 7) is 6.85. The SMILES string of the molecule is C[C@H]1CN(CC(CC(=O)[C@H](N)C(=O)O)c2ccccc2)CC[C@@]1(C)c1cccc(O)c1. The first kappa shape index (κ1) is 23.0. The van der Waals surface area contributed by atoms with Crippen LogP contribution in [0.25, 0.3) is 0 Å². The fraction of sp³-hybridized carbons (Fsp3) is 0.440. The first-order valence-electron chi connectivity index (χ1n) is 10.8. The van der Waals surface area contributed by atoms with Gasteiger partial charge in [0.2, 0.25) is 0 Å². The molecule has 166 valence electrons. The smallest absolute Gasteiger partial charge is 0.328 e. The maximum atomic E-state index is 12.4. The molecule has 1 saturated heterocycles. The lowest BCUT2D eigenvalue weighted by Crippen LogP contribution is -2.48. The Kier molecular flexibility index (Phi) is 7.13. The molecule has 1 fully saturated rings. The van der Waals surface area contributed by atoms with Crippen molar-refractivity contribution in [3.8, 4) is 5.75 Å². The van der Waals surface area contributed by atoms with Crippen LogP contribution in [-0.4, -0.2) is 52.5 Å². The summed E-state index contributed by atoms with van der Waals surface area (Å²) in [6.07, 6.45) is 1.04. The lowest BCUT2D eigenvalue weighted by molar-refractivity contribution is -0.142. The first-order chi connectivity index (χ1) is 14.7. The van der Waals surface area contributed by atoms with Gasteiger partial charge in [-0.1, -0.05) is 56.3 Å². The fourth-order valence-electron chi connectivity index (χ4n) is 4.60. The number of rotatable bonds is 8. The molecule has 2 aromatic rings. The van der Waals surface area contributed by atoms with Crippen molar-refractivity contribution < 1.29 is 19.8 Å². The quantitative estimate of drug-likeness (QED) is 0.563. The summed E-state index contributed by atoms with van der Waals surface area (Å²) in [7, 11) is 0. The van der Waals surface area contributed by atoms with Gasteiger partial charge < -0.3 is 20.8 Å². The Bertz CT molecular complexity index is 917. The van der Waals surface area contributed by atoms with Crippen molar-refractivity contribution in [3.63, 3.8) is 0 Å². The third kappa shape index (κ3) is 5.32. The molecule has 1 heterocycles. The molecule has 4 atom stereocenters. The molecule has 0 radical (unpaired) electrons. The van der Waals surface area contributed by atoms with E-state index in [0.717, 1.165) is 30.6 Å². The number of hydrogen-bond acceptors (Lipinski definition) is 5. The van der Waals surface area contributed by atoms with E-state index >= 15 is 0 Å². The molecule has 1 aliphatic heterocycles. The summed E-state index contributed by atoms with van der Waals surface area (Å²) in [5, 5.41) is 19.0. The second-order valence-electron chi connectivity index (χ2n) is 8.97. The minimum atomic E-state index is -1.49. The monoisotopic (exact) mass is 424 g/mol. The molecule has 0 aliphatic carbocycles. The Labute approximate surface area is 183 Å². The number of phenols is 1. The number of carboxylic acid groups (broad SMARTS) is 1. The van der Waals surface area contributed by atoms with Gasteiger partial charge in [-0.3, -0.25) is 9.59 Å². The van der Waals surface area contributed by atoms with E-state index in [1.165, 1.54) is 0 Å². The molecule has 0 saturated carbocycles.